The van der Waals surface area contributed by atoms with E-state index < -0.39 is 38.8 Å². The number of rotatable bonds is 6. The van der Waals surface area contributed by atoms with Gasteiger partial charge in [-0.1, -0.05) is 13.8 Å². The molecule has 0 radical (unpaired) electrons. The lowest BCUT2D eigenvalue weighted by Crippen LogP contribution is -2.41. The highest BCUT2D eigenvalue weighted by molar-refractivity contribution is 7.89. The number of carbonyl (C=O) groups is 1. The highest BCUT2D eigenvalue weighted by atomic mass is 32.2. The molecule has 2 N–H and O–H groups in total. The number of alkyl halides is 3. The molecule has 0 aliphatic rings. The SMILES string of the molecule is CC(C)CC(NS(=O)(=O)c1ccc(C(F)(F)F)nc1)C(=O)O. The maximum absolute atomic E-state index is 12.4. The van der Waals surface area contributed by atoms with E-state index in [0.29, 0.717) is 12.3 Å². The Balaban J connectivity index is 3.01. The predicted octanol–water partition coefficient (Wildman–Crippen LogP) is 1.88. The van der Waals surface area contributed by atoms with Gasteiger partial charge in [-0.25, -0.2) is 8.42 Å². The van der Waals surface area contributed by atoms with E-state index in [-0.39, 0.29) is 12.3 Å². The Kier molecular flexibility index (Phi) is 5.52. The monoisotopic (exact) mass is 340 g/mol. The summed E-state index contributed by atoms with van der Waals surface area (Å²) in [6.07, 6.45) is -4.10. The van der Waals surface area contributed by atoms with Crippen LogP contribution in [0, 0.1) is 5.92 Å². The van der Waals surface area contributed by atoms with Crippen molar-refractivity contribution in [3.8, 4) is 0 Å². The molecule has 6 nitrogen and oxygen atoms in total. The minimum Gasteiger partial charge on any atom is -0.480 e. The summed E-state index contributed by atoms with van der Waals surface area (Å²) in [7, 11) is -4.27. The second-order valence-corrected chi connectivity index (χ2v) is 6.73. The van der Waals surface area contributed by atoms with Gasteiger partial charge in [-0.3, -0.25) is 9.78 Å². The summed E-state index contributed by atoms with van der Waals surface area (Å²) in [6, 6.07) is -0.119. The van der Waals surface area contributed by atoms with E-state index in [2.05, 4.69) is 4.98 Å². The lowest BCUT2D eigenvalue weighted by molar-refractivity contribution is -0.141. The number of aliphatic carboxylic acids is 1. The molecule has 0 aliphatic heterocycles. The molecule has 1 aromatic rings. The van der Waals surface area contributed by atoms with Gasteiger partial charge >= 0.3 is 12.1 Å². The quantitative estimate of drug-likeness (QED) is 0.824. The summed E-state index contributed by atoms with van der Waals surface area (Å²) in [4.78, 5) is 13.5. The topological polar surface area (TPSA) is 96.4 Å². The second-order valence-electron chi connectivity index (χ2n) is 5.02. The predicted molar refractivity (Wildman–Crippen MR) is 70.4 cm³/mol. The number of carboxylic acid groups (broad SMARTS) is 1. The highest BCUT2D eigenvalue weighted by Crippen LogP contribution is 2.27. The zero-order chi connectivity index (χ0) is 17.1. The maximum Gasteiger partial charge on any atom is 0.433 e. The van der Waals surface area contributed by atoms with E-state index in [1.807, 2.05) is 4.72 Å². The number of aromatic nitrogens is 1. The fourth-order valence-electron chi connectivity index (χ4n) is 1.63. The van der Waals surface area contributed by atoms with E-state index in [1.54, 1.807) is 13.8 Å². The van der Waals surface area contributed by atoms with Crippen LogP contribution in [-0.4, -0.2) is 30.5 Å². The maximum atomic E-state index is 12.4. The molecule has 0 spiro atoms. The molecule has 0 amide bonds. The van der Waals surface area contributed by atoms with Gasteiger partial charge in [0.2, 0.25) is 10.0 Å². The van der Waals surface area contributed by atoms with Crippen molar-refractivity contribution in [2.24, 2.45) is 5.92 Å². The van der Waals surface area contributed by atoms with Crippen molar-refractivity contribution in [1.29, 1.82) is 0 Å². The number of hydrogen-bond acceptors (Lipinski definition) is 4. The second kappa shape index (κ2) is 6.61. The Morgan fingerprint density at radius 3 is 2.32 bits per heavy atom. The molecule has 0 aromatic carbocycles. The Bertz CT molecular complexity index is 627. The first-order chi connectivity index (χ1) is 9.93. The molecular weight excluding hydrogens is 325 g/mol. The molecule has 1 unspecified atom stereocenters. The van der Waals surface area contributed by atoms with Crippen LogP contribution < -0.4 is 4.72 Å². The summed E-state index contributed by atoms with van der Waals surface area (Å²) in [5.74, 6) is -1.45. The molecule has 0 saturated heterocycles. The number of carboxylic acids is 1. The van der Waals surface area contributed by atoms with Gasteiger partial charge in [0.25, 0.3) is 0 Å². The minimum atomic E-state index is -4.68. The number of halogens is 3. The normalized spacial score (nSPS) is 14.1. The average Bonchev–Trinajstić information content (AvgIpc) is 2.36. The van der Waals surface area contributed by atoms with Crippen molar-refractivity contribution in [1.82, 2.24) is 9.71 Å². The molecule has 0 saturated carbocycles. The van der Waals surface area contributed by atoms with E-state index >= 15 is 0 Å². The lowest BCUT2D eigenvalue weighted by atomic mass is 10.1. The molecule has 0 bridgehead atoms. The Labute approximate surface area is 125 Å². The number of pyridine rings is 1. The number of sulfonamides is 1. The third kappa shape index (κ3) is 4.95. The first-order valence-electron chi connectivity index (χ1n) is 6.22. The fraction of sp³-hybridized carbons (Fsp3) is 0.500. The molecule has 1 atom stereocenters. The summed E-state index contributed by atoms with van der Waals surface area (Å²) >= 11 is 0. The van der Waals surface area contributed by atoms with E-state index in [0.717, 1.165) is 6.07 Å². The van der Waals surface area contributed by atoms with Crippen molar-refractivity contribution in [2.45, 2.75) is 37.4 Å². The van der Waals surface area contributed by atoms with Crippen LogP contribution in [0.3, 0.4) is 0 Å². The van der Waals surface area contributed by atoms with Crippen molar-refractivity contribution in [3.05, 3.63) is 24.0 Å². The fourth-order valence-corrected chi connectivity index (χ4v) is 2.78. The van der Waals surface area contributed by atoms with Gasteiger partial charge < -0.3 is 5.11 Å². The van der Waals surface area contributed by atoms with Gasteiger partial charge in [0.05, 0.1) is 0 Å². The van der Waals surface area contributed by atoms with Crippen LogP contribution in [0.5, 0.6) is 0 Å². The standard InChI is InChI=1S/C12H15F3N2O4S/c1-7(2)5-9(11(18)19)17-22(20,21)8-3-4-10(16-6-8)12(13,14)15/h3-4,6-7,9,17H,5H2,1-2H3,(H,18,19). The van der Waals surface area contributed by atoms with Crippen LogP contribution in [-0.2, 0) is 21.0 Å². The van der Waals surface area contributed by atoms with E-state index in [4.69, 9.17) is 5.11 Å². The molecular formula is C12H15F3N2O4S. The van der Waals surface area contributed by atoms with Gasteiger partial charge in [-0.05, 0) is 24.5 Å². The van der Waals surface area contributed by atoms with E-state index in [9.17, 15) is 26.4 Å². The number of nitrogens with zero attached hydrogens (tertiary/aromatic N) is 1. The molecule has 1 rings (SSSR count). The average molecular weight is 340 g/mol. The van der Waals surface area contributed by atoms with Crippen molar-refractivity contribution < 1.29 is 31.5 Å². The van der Waals surface area contributed by atoms with Gasteiger partial charge in [0.1, 0.15) is 16.6 Å². The van der Waals surface area contributed by atoms with Crippen LogP contribution in [0.1, 0.15) is 26.0 Å². The lowest BCUT2D eigenvalue weighted by Gasteiger charge is -2.16. The molecule has 1 heterocycles. The van der Waals surface area contributed by atoms with E-state index in [1.165, 1.54) is 0 Å². The van der Waals surface area contributed by atoms with Crippen LogP contribution in [0.15, 0.2) is 23.2 Å². The Hall–Kier alpha value is -1.68. The molecule has 1 aromatic heterocycles. The van der Waals surface area contributed by atoms with Gasteiger partial charge in [0, 0.05) is 6.20 Å². The van der Waals surface area contributed by atoms with Crippen molar-refractivity contribution in [3.63, 3.8) is 0 Å². The first kappa shape index (κ1) is 18.4. The zero-order valence-electron chi connectivity index (χ0n) is 11.8. The third-order valence-electron chi connectivity index (χ3n) is 2.64. The van der Waals surface area contributed by atoms with Crippen LogP contribution in [0.25, 0.3) is 0 Å². The van der Waals surface area contributed by atoms with Gasteiger partial charge in [0.15, 0.2) is 0 Å². The third-order valence-corrected chi connectivity index (χ3v) is 4.10. The molecule has 10 heteroatoms. The number of hydrogen-bond donors (Lipinski definition) is 2. The van der Waals surface area contributed by atoms with Crippen LogP contribution in [0.4, 0.5) is 13.2 Å². The van der Waals surface area contributed by atoms with Crippen molar-refractivity contribution >= 4 is 16.0 Å². The van der Waals surface area contributed by atoms with Gasteiger partial charge in [-0.2, -0.15) is 17.9 Å². The first-order valence-corrected chi connectivity index (χ1v) is 7.70. The number of nitrogens with one attached hydrogen (secondary N) is 1. The summed E-state index contributed by atoms with van der Waals surface area (Å²) in [5, 5.41) is 8.99. The zero-order valence-corrected chi connectivity index (χ0v) is 12.6. The molecule has 0 fully saturated rings. The minimum absolute atomic E-state index is 0.0443. The smallest absolute Gasteiger partial charge is 0.433 e. The largest absolute Gasteiger partial charge is 0.480 e. The molecule has 124 valence electrons. The molecule has 22 heavy (non-hydrogen) atoms. The van der Waals surface area contributed by atoms with Crippen LogP contribution >= 0.6 is 0 Å². The molecule has 0 aliphatic carbocycles. The summed E-state index contributed by atoms with van der Waals surface area (Å²) in [6.45, 7) is 3.42. The summed E-state index contributed by atoms with van der Waals surface area (Å²) < 4.78 is 63.0. The highest BCUT2D eigenvalue weighted by Gasteiger charge is 2.33. The van der Waals surface area contributed by atoms with Crippen LogP contribution in [0.2, 0.25) is 0 Å². The Morgan fingerprint density at radius 1 is 1.36 bits per heavy atom. The van der Waals surface area contributed by atoms with Crippen molar-refractivity contribution in [2.75, 3.05) is 0 Å². The van der Waals surface area contributed by atoms with Gasteiger partial charge in [-0.15, -0.1) is 0 Å². The summed E-state index contributed by atoms with van der Waals surface area (Å²) in [5.41, 5.74) is -1.23. The Morgan fingerprint density at radius 2 is 1.95 bits per heavy atom.